The quantitative estimate of drug-likeness (QED) is 0.752. The van der Waals surface area contributed by atoms with E-state index in [4.69, 9.17) is 0 Å². The van der Waals surface area contributed by atoms with E-state index >= 15 is 0 Å². The molecule has 1 atom stereocenters. The summed E-state index contributed by atoms with van der Waals surface area (Å²) in [6.07, 6.45) is 2.21. The third-order valence-electron chi connectivity index (χ3n) is 3.40. The maximum Gasteiger partial charge on any atom is 0.0327 e. The number of halogens is 1. The highest BCUT2D eigenvalue weighted by atomic mass is 79.9. The van der Waals surface area contributed by atoms with Gasteiger partial charge in [0.2, 0.25) is 0 Å². The maximum atomic E-state index is 3.65. The van der Waals surface area contributed by atoms with Crippen LogP contribution in [0.15, 0.2) is 40.2 Å². The van der Waals surface area contributed by atoms with Crippen molar-refractivity contribution in [3.8, 4) is 0 Å². The molecule has 19 heavy (non-hydrogen) atoms. The molecule has 0 spiro atoms. The molecule has 2 aromatic rings. The van der Waals surface area contributed by atoms with E-state index in [2.05, 4.69) is 70.8 Å². The molecule has 0 amide bonds. The summed E-state index contributed by atoms with van der Waals surface area (Å²) in [6.45, 7) is 5.35. The minimum Gasteiger partial charge on any atom is -0.305 e. The molecule has 2 rings (SSSR count). The zero-order valence-corrected chi connectivity index (χ0v) is 13.9. The van der Waals surface area contributed by atoms with E-state index in [0.717, 1.165) is 19.4 Å². The fourth-order valence-electron chi connectivity index (χ4n) is 2.15. The molecule has 1 nitrogen and oxygen atoms in total. The molecule has 0 saturated carbocycles. The van der Waals surface area contributed by atoms with E-state index in [9.17, 15) is 0 Å². The van der Waals surface area contributed by atoms with Gasteiger partial charge in [-0.1, -0.05) is 38.1 Å². The Hall–Kier alpha value is -0.640. The molecular formula is C16H20BrNS. The van der Waals surface area contributed by atoms with Gasteiger partial charge in [0.1, 0.15) is 0 Å². The molecule has 0 fully saturated rings. The van der Waals surface area contributed by atoms with Crippen LogP contribution in [0.25, 0.3) is 0 Å². The van der Waals surface area contributed by atoms with Crippen LogP contribution >= 0.6 is 27.3 Å². The third kappa shape index (κ3) is 3.91. The van der Waals surface area contributed by atoms with Crippen LogP contribution in [0.1, 0.15) is 42.3 Å². The molecule has 0 saturated heterocycles. The maximum absolute atomic E-state index is 3.65. The number of aryl methyl sites for hydroxylation is 1. The number of thiophene rings is 1. The summed E-state index contributed by atoms with van der Waals surface area (Å²) in [5.74, 6) is 0. The van der Waals surface area contributed by atoms with Crippen LogP contribution in [0.2, 0.25) is 0 Å². The van der Waals surface area contributed by atoms with Crippen molar-refractivity contribution in [1.82, 2.24) is 5.32 Å². The minimum absolute atomic E-state index is 0.430. The molecule has 1 N–H and O–H groups in total. The second-order valence-electron chi connectivity index (χ2n) is 4.63. The molecule has 0 bridgehead atoms. The molecule has 1 heterocycles. The number of nitrogens with one attached hydrogen (secondary N) is 1. The Morgan fingerprint density at radius 1 is 1.16 bits per heavy atom. The predicted molar refractivity (Wildman–Crippen MR) is 87.7 cm³/mol. The second-order valence-corrected chi connectivity index (χ2v) is 6.48. The van der Waals surface area contributed by atoms with Gasteiger partial charge in [0.25, 0.3) is 0 Å². The highest BCUT2D eigenvalue weighted by molar-refractivity contribution is 9.10. The first-order valence-corrected chi connectivity index (χ1v) is 8.46. The lowest BCUT2D eigenvalue weighted by atomic mass is 10.0. The first-order valence-electron chi connectivity index (χ1n) is 6.78. The van der Waals surface area contributed by atoms with E-state index in [-0.39, 0.29) is 0 Å². The standard InChI is InChI=1S/C16H20BrNS/c1-3-12-5-7-13(8-6-12)15(4-2)18-11-16-14(17)9-10-19-16/h5-10,15,18H,3-4,11H2,1-2H3. The Balaban J connectivity index is 2.01. The smallest absolute Gasteiger partial charge is 0.0327 e. The minimum atomic E-state index is 0.430. The van der Waals surface area contributed by atoms with E-state index in [1.54, 1.807) is 11.3 Å². The van der Waals surface area contributed by atoms with Crippen LogP contribution in [-0.2, 0) is 13.0 Å². The van der Waals surface area contributed by atoms with Gasteiger partial charge >= 0.3 is 0 Å². The highest BCUT2D eigenvalue weighted by Gasteiger charge is 2.10. The van der Waals surface area contributed by atoms with Crippen LogP contribution < -0.4 is 5.32 Å². The van der Waals surface area contributed by atoms with Gasteiger partial charge in [-0.25, -0.2) is 0 Å². The molecule has 0 radical (unpaired) electrons. The van der Waals surface area contributed by atoms with Gasteiger partial charge < -0.3 is 5.32 Å². The summed E-state index contributed by atoms with van der Waals surface area (Å²) in [4.78, 5) is 1.36. The van der Waals surface area contributed by atoms with Crippen molar-refractivity contribution in [3.63, 3.8) is 0 Å². The topological polar surface area (TPSA) is 12.0 Å². The molecule has 0 aliphatic rings. The molecule has 1 aromatic heterocycles. The lowest BCUT2D eigenvalue weighted by Gasteiger charge is -2.17. The molecule has 102 valence electrons. The Morgan fingerprint density at radius 3 is 2.42 bits per heavy atom. The van der Waals surface area contributed by atoms with Crippen molar-refractivity contribution >= 4 is 27.3 Å². The van der Waals surface area contributed by atoms with Crippen molar-refractivity contribution < 1.29 is 0 Å². The highest BCUT2D eigenvalue weighted by Crippen LogP contribution is 2.24. The van der Waals surface area contributed by atoms with Crippen molar-refractivity contribution in [1.29, 1.82) is 0 Å². The lowest BCUT2D eigenvalue weighted by molar-refractivity contribution is 0.521. The Labute approximate surface area is 128 Å². The summed E-state index contributed by atoms with van der Waals surface area (Å²) in [6, 6.07) is 11.5. The van der Waals surface area contributed by atoms with Crippen LogP contribution in [0, 0.1) is 0 Å². The fourth-order valence-corrected chi connectivity index (χ4v) is 3.59. The Bertz CT molecular complexity index is 504. The normalized spacial score (nSPS) is 12.6. The summed E-state index contributed by atoms with van der Waals surface area (Å²) in [5.41, 5.74) is 2.78. The van der Waals surface area contributed by atoms with Crippen molar-refractivity contribution in [3.05, 3.63) is 56.2 Å². The van der Waals surface area contributed by atoms with Crippen molar-refractivity contribution in [2.24, 2.45) is 0 Å². The van der Waals surface area contributed by atoms with Gasteiger partial charge in [-0.2, -0.15) is 0 Å². The number of hydrogen-bond donors (Lipinski definition) is 1. The summed E-state index contributed by atoms with van der Waals surface area (Å²) in [7, 11) is 0. The number of benzene rings is 1. The van der Waals surface area contributed by atoms with Crippen LogP contribution in [0.4, 0.5) is 0 Å². The zero-order valence-electron chi connectivity index (χ0n) is 11.4. The monoisotopic (exact) mass is 337 g/mol. The van der Waals surface area contributed by atoms with Gasteiger partial charge in [-0.05, 0) is 51.3 Å². The first kappa shape index (κ1) is 14.8. The largest absolute Gasteiger partial charge is 0.305 e. The molecular weight excluding hydrogens is 318 g/mol. The van der Waals surface area contributed by atoms with E-state index in [1.165, 1.54) is 20.5 Å². The summed E-state index contributed by atoms with van der Waals surface area (Å²) in [5, 5.41) is 5.77. The Morgan fingerprint density at radius 2 is 1.89 bits per heavy atom. The van der Waals surface area contributed by atoms with E-state index in [0.29, 0.717) is 6.04 Å². The van der Waals surface area contributed by atoms with Gasteiger partial charge in [0, 0.05) is 21.9 Å². The average molecular weight is 338 g/mol. The number of rotatable bonds is 6. The Kier molecular flexibility index (Phi) is 5.61. The molecule has 1 aromatic carbocycles. The average Bonchev–Trinajstić information content (AvgIpc) is 2.86. The van der Waals surface area contributed by atoms with E-state index in [1.807, 2.05) is 0 Å². The zero-order chi connectivity index (χ0) is 13.7. The van der Waals surface area contributed by atoms with Gasteiger partial charge in [-0.3, -0.25) is 0 Å². The lowest BCUT2D eigenvalue weighted by Crippen LogP contribution is -2.19. The number of hydrogen-bond acceptors (Lipinski definition) is 2. The van der Waals surface area contributed by atoms with Gasteiger partial charge in [-0.15, -0.1) is 11.3 Å². The van der Waals surface area contributed by atoms with Crippen LogP contribution in [0.5, 0.6) is 0 Å². The van der Waals surface area contributed by atoms with E-state index < -0.39 is 0 Å². The fraction of sp³-hybridized carbons (Fsp3) is 0.375. The molecule has 0 aliphatic heterocycles. The second kappa shape index (κ2) is 7.22. The van der Waals surface area contributed by atoms with Crippen LogP contribution in [0.3, 0.4) is 0 Å². The van der Waals surface area contributed by atoms with Crippen LogP contribution in [-0.4, -0.2) is 0 Å². The molecule has 0 aliphatic carbocycles. The molecule has 1 unspecified atom stereocenters. The van der Waals surface area contributed by atoms with Crippen molar-refractivity contribution in [2.45, 2.75) is 39.3 Å². The van der Waals surface area contributed by atoms with Crippen molar-refractivity contribution in [2.75, 3.05) is 0 Å². The SMILES string of the molecule is CCc1ccc(C(CC)NCc2sccc2Br)cc1. The summed E-state index contributed by atoms with van der Waals surface area (Å²) >= 11 is 5.38. The first-order chi connectivity index (χ1) is 9.24. The molecule has 3 heteroatoms. The van der Waals surface area contributed by atoms with Gasteiger partial charge in [0.05, 0.1) is 0 Å². The predicted octanol–water partition coefficient (Wildman–Crippen LogP) is 5.31. The summed E-state index contributed by atoms with van der Waals surface area (Å²) < 4.78 is 1.21. The third-order valence-corrected chi connectivity index (χ3v) is 5.32. The van der Waals surface area contributed by atoms with Gasteiger partial charge in [0.15, 0.2) is 0 Å².